The Bertz CT molecular complexity index is 497. The Hall–Kier alpha value is -1.57. The molecule has 2 rings (SSSR count). The lowest BCUT2D eigenvalue weighted by atomic mass is 10.2. The highest BCUT2D eigenvalue weighted by molar-refractivity contribution is 6.31. The standard InChI is InChI=1S/C9H5ClN2O/c10-6-1-2-8-7(3-6)9(4-11-8)12-5-13/h1-4,11H. The number of fused-ring (bicyclic) bond motifs is 1. The molecule has 1 aromatic heterocycles. The van der Waals surface area contributed by atoms with Crippen LogP contribution in [-0.4, -0.2) is 11.1 Å². The zero-order valence-corrected chi connectivity index (χ0v) is 7.30. The van der Waals surface area contributed by atoms with Gasteiger partial charge in [-0.25, -0.2) is 4.79 Å². The Kier molecular flexibility index (Phi) is 1.89. The molecule has 0 spiro atoms. The lowest BCUT2D eigenvalue weighted by molar-refractivity contribution is 0.565. The average Bonchev–Trinajstić information content (AvgIpc) is 2.49. The second-order valence-electron chi connectivity index (χ2n) is 2.57. The van der Waals surface area contributed by atoms with Crippen LogP contribution in [0.15, 0.2) is 29.4 Å². The normalized spacial score (nSPS) is 9.92. The summed E-state index contributed by atoms with van der Waals surface area (Å²) in [5.41, 5.74) is 1.46. The maximum Gasteiger partial charge on any atom is 0.240 e. The summed E-state index contributed by atoms with van der Waals surface area (Å²) in [6.07, 6.45) is 3.14. The zero-order chi connectivity index (χ0) is 9.26. The number of carbonyl (C=O) groups excluding carboxylic acids is 1. The first-order valence-corrected chi connectivity index (χ1v) is 4.03. The summed E-state index contributed by atoms with van der Waals surface area (Å²) >= 11 is 5.79. The maximum atomic E-state index is 10.1. The molecule has 0 unspecified atom stereocenters. The van der Waals surface area contributed by atoms with Gasteiger partial charge in [0.15, 0.2) is 0 Å². The van der Waals surface area contributed by atoms with E-state index >= 15 is 0 Å². The van der Waals surface area contributed by atoms with Crippen molar-refractivity contribution < 1.29 is 4.79 Å². The minimum Gasteiger partial charge on any atom is -0.359 e. The summed E-state index contributed by atoms with van der Waals surface area (Å²) in [6, 6.07) is 5.36. The van der Waals surface area contributed by atoms with Gasteiger partial charge in [0.25, 0.3) is 0 Å². The van der Waals surface area contributed by atoms with Crippen molar-refractivity contribution in [1.82, 2.24) is 4.98 Å². The van der Waals surface area contributed by atoms with Crippen molar-refractivity contribution in [2.45, 2.75) is 0 Å². The summed E-state index contributed by atoms with van der Waals surface area (Å²) in [5, 5.41) is 1.45. The molecule has 64 valence electrons. The second kappa shape index (κ2) is 3.05. The van der Waals surface area contributed by atoms with E-state index in [0.29, 0.717) is 10.7 Å². The number of benzene rings is 1. The maximum absolute atomic E-state index is 10.1. The van der Waals surface area contributed by atoms with Crippen LogP contribution in [0.25, 0.3) is 10.9 Å². The molecule has 0 atom stereocenters. The number of isocyanates is 1. The Morgan fingerprint density at radius 2 is 2.31 bits per heavy atom. The third kappa shape index (κ3) is 1.35. The fraction of sp³-hybridized carbons (Fsp3) is 0. The Labute approximate surface area is 79.0 Å². The minimum absolute atomic E-state index is 0.563. The molecule has 0 aliphatic rings. The number of nitrogens with one attached hydrogen (secondary N) is 1. The van der Waals surface area contributed by atoms with Gasteiger partial charge in [0.1, 0.15) is 5.69 Å². The molecule has 13 heavy (non-hydrogen) atoms. The zero-order valence-electron chi connectivity index (χ0n) is 6.54. The van der Waals surface area contributed by atoms with Crippen LogP contribution >= 0.6 is 11.6 Å². The van der Waals surface area contributed by atoms with E-state index in [1.807, 2.05) is 6.07 Å². The lowest BCUT2D eigenvalue weighted by Crippen LogP contribution is -1.66. The largest absolute Gasteiger partial charge is 0.359 e. The van der Waals surface area contributed by atoms with Gasteiger partial charge in [-0.3, -0.25) is 0 Å². The van der Waals surface area contributed by atoms with E-state index in [1.54, 1.807) is 18.3 Å². The van der Waals surface area contributed by atoms with Gasteiger partial charge in [0.05, 0.1) is 0 Å². The van der Waals surface area contributed by atoms with Crippen LogP contribution in [0.4, 0.5) is 5.69 Å². The van der Waals surface area contributed by atoms with Crippen LogP contribution in [0.5, 0.6) is 0 Å². The summed E-state index contributed by atoms with van der Waals surface area (Å²) in [5.74, 6) is 0. The van der Waals surface area contributed by atoms with E-state index in [4.69, 9.17) is 11.6 Å². The molecule has 3 nitrogen and oxygen atoms in total. The number of hydrogen-bond acceptors (Lipinski definition) is 2. The van der Waals surface area contributed by atoms with Crippen LogP contribution in [0, 0.1) is 0 Å². The predicted molar refractivity (Wildman–Crippen MR) is 51.1 cm³/mol. The summed E-state index contributed by atoms with van der Waals surface area (Å²) in [6.45, 7) is 0. The molecular weight excluding hydrogens is 188 g/mol. The first kappa shape index (κ1) is 8.05. The number of rotatable bonds is 1. The van der Waals surface area contributed by atoms with Gasteiger partial charge in [0.2, 0.25) is 6.08 Å². The molecule has 0 bridgehead atoms. The van der Waals surface area contributed by atoms with Gasteiger partial charge in [0, 0.05) is 22.1 Å². The highest BCUT2D eigenvalue weighted by atomic mass is 35.5. The van der Waals surface area contributed by atoms with E-state index in [0.717, 1.165) is 10.9 Å². The van der Waals surface area contributed by atoms with E-state index in [2.05, 4.69) is 9.98 Å². The molecular formula is C9H5ClN2O. The molecule has 0 saturated carbocycles. The van der Waals surface area contributed by atoms with Crippen LogP contribution in [0.2, 0.25) is 5.02 Å². The van der Waals surface area contributed by atoms with Crippen molar-refractivity contribution in [3.63, 3.8) is 0 Å². The van der Waals surface area contributed by atoms with Crippen LogP contribution < -0.4 is 0 Å². The number of halogens is 1. The van der Waals surface area contributed by atoms with Gasteiger partial charge in [-0.15, -0.1) is 0 Å². The molecule has 1 aromatic carbocycles. The molecule has 0 saturated heterocycles. The Morgan fingerprint density at radius 3 is 3.08 bits per heavy atom. The summed E-state index contributed by atoms with van der Waals surface area (Å²) in [4.78, 5) is 16.6. The molecule has 0 aliphatic carbocycles. The van der Waals surface area contributed by atoms with Gasteiger partial charge in [-0.2, -0.15) is 4.99 Å². The fourth-order valence-electron chi connectivity index (χ4n) is 1.22. The van der Waals surface area contributed by atoms with Crippen molar-refractivity contribution in [2.75, 3.05) is 0 Å². The quantitative estimate of drug-likeness (QED) is 0.548. The van der Waals surface area contributed by atoms with Crippen molar-refractivity contribution in [3.8, 4) is 0 Å². The van der Waals surface area contributed by atoms with Crippen molar-refractivity contribution in [2.24, 2.45) is 4.99 Å². The fourth-order valence-corrected chi connectivity index (χ4v) is 1.39. The smallest absolute Gasteiger partial charge is 0.240 e. The van der Waals surface area contributed by atoms with Crippen molar-refractivity contribution >= 4 is 34.3 Å². The number of aliphatic imine (C=N–C) groups is 1. The van der Waals surface area contributed by atoms with Crippen molar-refractivity contribution in [1.29, 1.82) is 0 Å². The van der Waals surface area contributed by atoms with E-state index < -0.39 is 0 Å². The minimum atomic E-state index is 0.563. The van der Waals surface area contributed by atoms with Gasteiger partial charge >= 0.3 is 0 Å². The summed E-state index contributed by atoms with van der Waals surface area (Å²) in [7, 11) is 0. The third-order valence-electron chi connectivity index (χ3n) is 1.79. The highest BCUT2D eigenvalue weighted by Gasteiger charge is 2.01. The number of nitrogens with zero attached hydrogens (tertiary/aromatic N) is 1. The Balaban J connectivity index is 2.78. The second-order valence-corrected chi connectivity index (χ2v) is 3.00. The monoisotopic (exact) mass is 192 g/mol. The van der Waals surface area contributed by atoms with E-state index in [9.17, 15) is 4.79 Å². The SMILES string of the molecule is O=C=Nc1c[nH]c2ccc(Cl)cc12. The van der Waals surface area contributed by atoms with Crippen LogP contribution in [-0.2, 0) is 4.79 Å². The number of aromatic amines is 1. The predicted octanol–water partition coefficient (Wildman–Crippen LogP) is 2.79. The molecule has 2 aromatic rings. The van der Waals surface area contributed by atoms with Crippen molar-refractivity contribution in [3.05, 3.63) is 29.4 Å². The van der Waals surface area contributed by atoms with Gasteiger partial charge in [-0.05, 0) is 18.2 Å². The molecule has 1 N–H and O–H groups in total. The van der Waals surface area contributed by atoms with Gasteiger partial charge in [-0.1, -0.05) is 11.6 Å². The highest BCUT2D eigenvalue weighted by Crippen LogP contribution is 2.27. The third-order valence-corrected chi connectivity index (χ3v) is 2.02. The molecule has 0 radical (unpaired) electrons. The first-order chi connectivity index (χ1) is 6.31. The Morgan fingerprint density at radius 1 is 1.46 bits per heavy atom. The average molecular weight is 193 g/mol. The molecule has 0 amide bonds. The van der Waals surface area contributed by atoms with Crippen LogP contribution in [0.3, 0.4) is 0 Å². The molecule has 4 heteroatoms. The summed E-state index contributed by atoms with van der Waals surface area (Å²) < 4.78 is 0. The number of H-pyrrole nitrogens is 1. The molecule has 0 aliphatic heterocycles. The first-order valence-electron chi connectivity index (χ1n) is 3.66. The lowest BCUT2D eigenvalue weighted by Gasteiger charge is -1.90. The molecule has 0 fully saturated rings. The van der Waals surface area contributed by atoms with E-state index in [1.165, 1.54) is 6.08 Å². The van der Waals surface area contributed by atoms with E-state index in [-0.39, 0.29) is 0 Å². The van der Waals surface area contributed by atoms with Crippen LogP contribution in [0.1, 0.15) is 0 Å². The molecule has 1 heterocycles. The number of aromatic nitrogens is 1. The number of hydrogen-bond donors (Lipinski definition) is 1. The topological polar surface area (TPSA) is 45.2 Å². The van der Waals surface area contributed by atoms with Gasteiger partial charge < -0.3 is 4.98 Å².